The van der Waals surface area contributed by atoms with Gasteiger partial charge in [0.1, 0.15) is 35.4 Å². The molecule has 0 unspecified atom stereocenters. The topological polar surface area (TPSA) is 59.1 Å². The van der Waals surface area contributed by atoms with Crippen LogP contribution < -0.4 is 4.74 Å². The minimum absolute atomic E-state index is 0.0456. The van der Waals surface area contributed by atoms with Gasteiger partial charge in [-0.15, -0.1) is 0 Å². The number of benzene rings is 3. The van der Waals surface area contributed by atoms with Crippen molar-refractivity contribution in [1.29, 1.82) is 0 Å². The van der Waals surface area contributed by atoms with Gasteiger partial charge in [-0.3, -0.25) is 9.59 Å². The molecule has 194 valence electrons. The molecule has 3 aromatic carbocycles. The highest BCUT2D eigenvalue weighted by Crippen LogP contribution is 2.27. The van der Waals surface area contributed by atoms with Crippen molar-refractivity contribution in [2.75, 3.05) is 33.4 Å². The Labute approximate surface area is 213 Å². The van der Waals surface area contributed by atoms with Crippen LogP contribution in [0.1, 0.15) is 22.3 Å². The number of morpholine rings is 1. The molecule has 0 radical (unpaired) electrons. The van der Waals surface area contributed by atoms with Gasteiger partial charge in [0.25, 0.3) is 5.91 Å². The molecular weight excluding hydrogens is 485 g/mol. The first-order valence-corrected chi connectivity index (χ1v) is 11.8. The maximum Gasteiger partial charge on any atom is 0.254 e. The standard InChI is InChI=1S/C28H27F3N2O4/c1-32(17-20-5-3-2-4-6-20)26(34)16-28(19-36-25-9-7-22(29)8-10-25)18-33(11-12-37-28)27(35)21-13-23(30)15-24(31)14-21/h2-10,13-15H,11-12,16-19H2,1H3/t28-/m0/s1. The molecule has 1 atom stereocenters. The molecule has 0 N–H and O–H groups in total. The summed E-state index contributed by atoms with van der Waals surface area (Å²) >= 11 is 0. The minimum atomic E-state index is -1.24. The third-order valence-electron chi connectivity index (χ3n) is 6.12. The van der Waals surface area contributed by atoms with Crippen LogP contribution in [0.15, 0.2) is 72.8 Å². The Bertz CT molecular complexity index is 1220. The lowest BCUT2D eigenvalue weighted by molar-refractivity contribution is -0.152. The maximum atomic E-state index is 13.8. The Morgan fingerprint density at radius 2 is 1.65 bits per heavy atom. The van der Waals surface area contributed by atoms with Gasteiger partial charge in [-0.25, -0.2) is 13.2 Å². The third kappa shape index (κ3) is 6.89. The molecule has 0 spiro atoms. The summed E-state index contributed by atoms with van der Waals surface area (Å²) in [5.74, 6) is -2.60. The number of halogens is 3. The Morgan fingerprint density at radius 1 is 0.973 bits per heavy atom. The number of carbonyl (C=O) groups is 2. The van der Waals surface area contributed by atoms with E-state index in [0.717, 1.165) is 17.7 Å². The number of amides is 2. The summed E-state index contributed by atoms with van der Waals surface area (Å²) in [5.41, 5.74) is -0.430. The average Bonchev–Trinajstić information content (AvgIpc) is 2.88. The second-order valence-electron chi connectivity index (χ2n) is 9.07. The number of hydrogen-bond donors (Lipinski definition) is 0. The summed E-state index contributed by atoms with van der Waals surface area (Å²) in [6.07, 6.45) is -0.112. The van der Waals surface area contributed by atoms with Crippen LogP contribution in [0.5, 0.6) is 5.75 Å². The van der Waals surface area contributed by atoms with E-state index in [1.807, 2.05) is 30.3 Å². The predicted molar refractivity (Wildman–Crippen MR) is 130 cm³/mol. The highest BCUT2D eigenvalue weighted by molar-refractivity contribution is 5.94. The van der Waals surface area contributed by atoms with Crippen molar-refractivity contribution in [3.8, 4) is 5.75 Å². The monoisotopic (exact) mass is 512 g/mol. The Hall–Kier alpha value is -3.85. The zero-order valence-electron chi connectivity index (χ0n) is 20.3. The quantitative estimate of drug-likeness (QED) is 0.448. The van der Waals surface area contributed by atoms with E-state index in [1.54, 1.807) is 11.9 Å². The molecule has 0 saturated carbocycles. The molecule has 0 aromatic heterocycles. The van der Waals surface area contributed by atoms with E-state index in [-0.39, 0.29) is 44.2 Å². The fourth-order valence-corrected chi connectivity index (χ4v) is 4.23. The number of carbonyl (C=O) groups excluding carboxylic acids is 2. The van der Waals surface area contributed by atoms with Crippen LogP contribution in [0.3, 0.4) is 0 Å². The van der Waals surface area contributed by atoms with Gasteiger partial charge in [0, 0.05) is 31.8 Å². The van der Waals surface area contributed by atoms with Crippen LogP contribution >= 0.6 is 0 Å². The molecule has 1 aliphatic heterocycles. The van der Waals surface area contributed by atoms with Crippen LogP contribution in [0.25, 0.3) is 0 Å². The van der Waals surface area contributed by atoms with E-state index in [9.17, 15) is 22.8 Å². The maximum absolute atomic E-state index is 13.8. The normalized spacial score (nSPS) is 17.4. The lowest BCUT2D eigenvalue weighted by Gasteiger charge is -2.42. The van der Waals surface area contributed by atoms with Gasteiger partial charge >= 0.3 is 0 Å². The molecule has 0 aliphatic carbocycles. The molecule has 1 fully saturated rings. The lowest BCUT2D eigenvalue weighted by atomic mass is 9.96. The van der Waals surface area contributed by atoms with Gasteiger partial charge in [0.05, 0.1) is 19.6 Å². The summed E-state index contributed by atoms with van der Waals surface area (Å²) in [6, 6.07) is 17.5. The van der Waals surface area contributed by atoms with Crippen molar-refractivity contribution >= 4 is 11.8 Å². The van der Waals surface area contributed by atoms with E-state index in [2.05, 4.69) is 0 Å². The summed E-state index contributed by atoms with van der Waals surface area (Å²) in [7, 11) is 1.67. The zero-order chi connectivity index (χ0) is 26.4. The molecule has 4 rings (SSSR count). The van der Waals surface area contributed by atoms with E-state index in [1.165, 1.54) is 29.2 Å². The highest BCUT2D eigenvalue weighted by atomic mass is 19.1. The summed E-state index contributed by atoms with van der Waals surface area (Å²) < 4.78 is 52.7. The van der Waals surface area contributed by atoms with Crippen LogP contribution in [-0.2, 0) is 16.1 Å². The van der Waals surface area contributed by atoms with Crippen LogP contribution in [0.4, 0.5) is 13.2 Å². The van der Waals surface area contributed by atoms with Gasteiger partial charge in [-0.1, -0.05) is 30.3 Å². The van der Waals surface area contributed by atoms with Gasteiger partial charge in [0.15, 0.2) is 0 Å². The van der Waals surface area contributed by atoms with Crippen molar-refractivity contribution in [1.82, 2.24) is 9.80 Å². The first-order valence-electron chi connectivity index (χ1n) is 11.8. The van der Waals surface area contributed by atoms with Crippen LogP contribution in [-0.4, -0.2) is 60.6 Å². The van der Waals surface area contributed by atoms with Crippen molar-refractivity contribution in [3.05, 3.63) is 101 Å². The average molecular weight is 513 g/mol. The molecule has 9 heteroatoms. The Balaban J connectivity index is 1.54. The van der Waals surface area contributed by atoms with E-state index < -0.39 is 29.0 Å². The molecule has 3 aromatic rings. The second kappa shape index (κ2) is 11.5. The summed E-state index contributed by atoms with van der Waals surface area (Å²) in [4.78, 5) is 29.3. The highest BCUT2D eigenvalue weighted by Gasteiger charge is 2.42. The van der Waals surface area contributed by atoms with Crippen LogP contribution in [0.2, 0.25) is 0 Å². The second-order valence-corrected chi connectivity index (χ2v) is 9.07. The van der Waals surface area contributed by atoms with E-state index in [4.69, 9.17) is 9.47 Å². The number of ether oxygens (including phenoxy) is 2. The Morgan fingerprint density at radius 3 is 2.32 bits per heavy atom. The number of nitrogens with zero attached hydrogens (tertiary/aromatic N) is 2. The molecular formula is C28H27F3N2O4. The first kappa shape index (κ1) is 26.2. The van der Waals surface area contributed by atoms with E-state index >= 15 is 0 Å². The number of hydrogen-bond acceptors (Lipinski definition) is 4. The smallest absolute Gasteiger partial charge is 0.254 e. The molecule has 0 bridgehead atoms. The van der Waals surface area contributed by atoms with Crippen molar-refractivity contribution in [2.24, 2.45) is 0 Å². The molecule has 1 heterocycles. The summed E-state index contributed by atoms with van der Waals surface area (Å²) in [5, 5.41) is 0. The molecule has 1 saturated heterocycles. The van der Waals surface area contributed by atoms with E-state index in [0.29, 0.717) is 18.4 Å². The van der Waals surface area contributed by atoms with Gasteiger partial charge in [0.2, 0.25) is 5.91 Å². The van der Waals surface area contributed by atoms with Crippen molar-refractivity contribution in [3.63, 3.8) is 0 Å². The summed E-state index contributed by atoms with van der Waals surface area (Å²) in [6.45, 7) is 0.482. The largest absolute Gasteiger partial charge is 0.490 e. The van der Waals surface area contributed by atoms with Gasteiger partial charge < -0.3 is 19.3 Å². The molecule has 1 aliphatic rings. The van der Waals surface area contributed by atoms with Crippen molar-refractivity contribution < 1.29 is 32.2 Å². The Kier molecular flexibility index (Phi) is 8.13. The predicted octanol–water partition coefficient (Wildman–Crippen LogP) is 4.44. The molecule has 6 nitrogen and oxygen atoms in total. The SMILES string of the molecule is CN(Cc1ccccc1)C(=O)C[C@@]1(COc2ccc(F)cc2)CN(C(=O)c2cc(F)cc(F)c2)CCO1. The molecule has 37 heavy (non-hydrogen) atoms. The van der Waals surface area contributed by atoms with Crippen molar-refractivity contribution in [2.45, 2.75) is 18.6 Å². The zero-order valence-corrected chi connectivity index (χ0v) is 20.3. The van der Waals surface area contributed by atoms with Gasteiger partial charge in [-0.2, -0.15) is 0 Å². The molecule has 2 amide bonds. The first-order chi connectivity index (χ1) is 17.7. The number of rotatable bonds is 8. The van der Waals surface area contributed by atoms with Gasteiger partial charge in [-0.05, 0) is 42.0 Å². The fraction of sp³-hybridized carbons (Fsp3) is 0.286. The fourth-order valence-electron chi connectivity index (χ4n) is 4.23. The van der Waals surface area contributed by atoms with Crippen LogP contribution in [0, 0.1) is 17.5 Å². The lowest BCUT2D eigenvalue weighted by Crippen LogP contribution is -2.58. The minimum Gasteiger partial charge on any atom is -0.490 e. The third-order valence-corrected chi connectivity index (χ3v) is 6.12.